The fraction of sp³-hybridized carbons (Fsp3) is 0.0909. The zero-order valence-electron chi connectivity index (χ0n) is 17.2. The van der Waals surface area contributed by atoms with Gasteiger partial charge in [-0.3, -0.25) is 9.52 Å². The molecule has 3 aromatic rings. The number of anilines is 2. The molecule has 0 aliphatic rings. The first-order chi connectivity index (χ1) is 15.7. The smallest absolute Gasteiger partial charge is 0.261 e. The van der Waals surface area contributed by atoms with Gasteiger partial charge in [0.1, 0.15) is 0 Å². The van der Waals surface area contributed by atoms with Gasteiger partial charge in [-0.1, -0.05) is 24.3 Å². The number of nitriles is 1. The minimum atomic E-state index is -3.78. The molecule has 3 N–H and O–H groups in total. The van der Waals surface area contributed by atoms with E-state index in [1.807, 2.05) is 6.07 Å². The molecular formula is C22H20N4O5S2. The summed E-state index contributed by atoms with van der Waals surface area (Å²) in [4.78, 5) is 12.6. The van der Waals surface area contributed by atoms with E-state index in [2.05, 4.69) is 14.8 Å². The molecule has 11 heteroatoms. The Labute approximate surface area is 192 Å². The quantitative estimate of drug-likeness (QED) is 0.398. The van der Waals surface area contributed by atoms with Gasteiger partial charge in [0, 0.05) is 24.2 Å². The second kappa shape index (κ2) is 10.3. The average Bonchev–Trinajstić information content (AvgIpc) is 2.80. The van der Waals surface area contributed by atoms with Crippen LogP contribution in [0.4, 0.5) is 11.4 Å². The van der Waals surface area contributed by atoms with Crippen LogP contribution < -0.4 is 14.8 Å². The molecule has 0 saturated carbocycles. The lowest BCUT2D eigenvalue weighted by molar-refractivity contribution is 0.102. The molecule has 3 aromatic carbocycles. The average molecular weight is 485 g/mol. The third-order valence-corrected chi connectivity index (χ3v) is 7.26. The van der Waals surface area contributed by atoms with Crippen molar-refractivity contribution in [1.29, 1.82) is 5.26 Å². The van der Waals surface area contributed by atoms with Gasteiger partial charge in [0.15, 0.2) is 0 Å². The van der Waals surface area contributed by atoms with E-state index in [9.17, 15) is 21.6 Å². The van der Waals surface area contributed by atoms with Crippen LogP contribution in [0.5, 0.6) is 0 Å². The summed E-state index contributed by atoms with van der Waals surface area (Å²) in [6.45, 7) is -0.00849. The highest BCUT2D eigenvalue weighted by molar-refractivity contribution is 7.92. The molecule has 0 fully saturated rings. The number of hydrogen-bond donors (Lipinski definition) is 3. The van der Waals surface area contributed by atoms with Gasteiger partial charge in [-0.05, 0) is 54.6 Å². The molecule has 170 valence electrons. The van der Waals surface area contributed by atoms with E-state index in [1.54, 1.807) is 36.4 Å². The second-order valence-electron chi connectivity index (χ2n) is 6.78. The van der Waals surface area contributed by atoms with Crippen LogP contribution >= 0.6 is 0 Å². The van der Waals surface area contributed by atoms with Crippen LogP contribution in [0.25, 0.3) is 0 Å². The van der Waals surface area contributed by atoms with Crippen molar-refractivity contribution in [3.05, 3.63) is 84.4 Å². The van der Waals surface area contributed by atoms with Gasteiger partial charge < -0.3 is 5.32 Å². The molecule has 1 amide bonds. The molecule has 9 nitrogen and oxygen atoms in total. The molecule has 0 unspecified atom stereocenters. The molecule has 0 radical (unpaired) electrons. The normalized spacial score (nSPS) is 11.4. The number of hydrogen-bond acceptors (Lipinski definition) is 6. The van der Waals surface area contributed by atoms with Gasteiger partial charge >= 0.3 is 0 Å². The number of carbonyl (C=O) groups is 1. The highest BCUT2D eigenvalue weighted by Gasteiger charge is 2.16. The fourth-order valence-corrected chi connectivity index (χ4v) is 4.89. The zero-order chi connectivity index (χ0) is 23.9. The first-order valence-corrected chi connectivity index (χ1v) is 12.6. The van der Waals surface area contributed by atoms with Gasteiger partial charge in [0.2, 0.25) is 10.0 Å². The predicted molar refractivity (Wildman–Crippen MR) is 124 cm³/mol. The first kappa shape index (κ1) is 23.9. The van der Waals surface area contributed by atoms with Gasteiger partial charge in [-0.2, -0.15) is 5.26 Å². The Morgan fingerprint density at radius 1 is 0.788 bits per heavy atom. The molecule has 0 saturated heterocycles. The molecule has 33 heavy (non-hydrogen) atoms. The van der Waals surface area contributed by atoms with Crippen LogP contribution in [-0.2, 0) is 20.0 Å². The Balaban J connectivity index is 1.69. The molecule has 0 aliphatic heterocycles. The molecule has 0 aliphatic carbocycles. The van der Waals surface area contributed by atoms with Crippen LogP contribution in [0.3, 0.4) is 0 Å². The minimum Gasteiger partial charge on any atom is -0.322 e. The lowest BCUT2D eigenvalue weighted by Gasteiger charge is -2.11. The van der Waals surface area contributed by atoms with Crippen LogP contribution in [0.1, 0.15) is 16.8 Å². The van der Waals surface area contributed by atoms with Crippen molar-refractivity contribution in [3.63, 3.8) is 0 Å². The predicted octanol–water partition coefficient (Wildman–Crippen LogP) is 2.93. The maximum Gasteiger partial charge on any atom is 0.261 e. The molecule has 0 spiro atoms. The maximum atomic E-state index is 12.6. The number of benzene rings is 3. The van der Waals surface area contributed by atoms with E-state index in [1.165, 1.54) is 42.5 Å². The highest BCUT2D eigenvalue weighted by Crippen LogP contribution is 2.20. The van der Waals surface area contributed by atoms with Crippen molar-refractivity contribution < 1.29 is 21.6 Å². The summed E-state index contributed by atoms with van der Waals surface area (Å²) in [5, 5.41) is 11.2. The Morgan fingerprint density at radius 3 is 2.09 bits per heavy atom. The van der Waals surface area contributed by atoms with Gasteiger partial charge in [0.05, 0.1) is 21.5 Å². The third-order valence-electron chi connectivity index (χ3n) is 4.38. The van der Waals surface area contributed by atoms with Crippen molar-refractivity contribution in [2.45, 2.75) is 16.2 Å². The molecule has 0 bridgehead atoms. The Bertz CT molecular complexity index is 1380. The minimum absolute atomic E-state index is 0.00849. The number of rotatable bonds is 9. The first-order valence-electron chi connectivity index (χ1n) is 9.67. The Hall–Kier alpha value is -3.72. The van der Waals surface area contributed by atoms with Crippen LogP contribution in [0, 0.1) is 11.3 Å². The summed E-state index contributed by atoms with van der Waals surface area (Å²) >= 11 is 0. The SMILES string of the molecule is N#CCCNS(=O)(=O)c1ccc(C(=O)Nc2cccc(NS(=O)(=O)c3ccccc3)c2)cc1. The number of nitrogens with zero attached hydrogens (tertiary/aromatic N) is 1. The number of carbonyl (C=O) groups excluding carboxylic acids is 1. The monoisotopic (exact) mass is 484 g/mol. The zero-order valence-corrected chi connectivity index (χ0v) is 18.9. The molecule has 3 rings (SSSR count). The lowest BCUT2D eigenvalue weighted by atomic mass is 10.2. The summed E-state index contributed by atoms with van der Waals surface area (Å²) in [7, 11) is -7.56. The largest absolute Gasteiger partial charge is 0.322 e. The number of nitrogens with one attached hydrogen (secondary N) is 3. The van der Waals surface area contributed by atoms with Gasteiger partial charge in [0.25, 0.3) is 15.9 Å². The summed E-state index contributed by atoms with van der Waals surface area (Å²) < 4.78 is 54.0. The van der Waals surface area contributed by atoms with Crippen LogP contribution in [-0.4, -0.2) is 29.3 Å². The van der Waals surface area contributed by atoms with Crippen LogP contribution in [0.15, 0.2) is 88.7 Å². The van der Waals surface area contributed by atoms with E-state index in [0.29, 0.717) is 5.69 Å². The Kier molecular flexibility index (Phi) is 7.44. The van der Waals surface area contributed by atoms with E-state index < -0.39 is 26.0 Å². The van der Waals surface area contributed by atoms with Crippen LogP contribution in [0.2, 0.25) is 0 Å². The van der Waals surface area contributed by atoms with E-state index in [-0.39, 0.29) is 34.0 Å². The lowest BCUT2D eigenvalue weighted by Crippen LogP contribution is -2.24. The van der Waals surface area contributed by atoms with Gasteiger partial charge in [-0.25, -0.2) is 21.6 Å². The standard InChI is InChI=1S/C22H20N4O5S2/c23-14-5-15-24-32(28,29)21-12-10-17(11-13-21)22(27)25-18-6-4-7-19(16-18)26-33(30,31)20-8-2-1-3-9-20/h1-4,6-13,16,24,26H,5,15H2,(H,25,27). The van der Waals surface area contributed by atoms with Crippen molar-refractivity contribution in [2.24, 2.45) is 0 Å². The van der Waals surface area contributed by atoms with Crippen molar-refractivity contribution >= 4 is 37.3 Å². The molecular weight excluding hydrogens is 464 g/mol. The molecule has 0 aromatic heterocycles. The number of sulfonamides is 2. The third kappa shape index (κ3) is 6.39. The molecule has 0 atom stereocenters. The second-order valence-corrected chi connectivity index (χ2v) is 10.2. The van der Waals surface area contributed by atoms with Gasteiger partial charge in [-0.15, -0.1) is 0 Å². The summed E-state index contributed by atoms with van der Waals surface area (Å²) in [6, 6.07) is 21.2. The fourth-order valence-electron chi connectivity index (χ4n) is 2.79. The summed E-state index contributed by atoms with van der Waals surface area (Å²) in [5.74, 6) is -0.501. The topological polar surface area (TPSA) is 145 Å². The van der Waals surface area contributed by atoms with E-state index in [4.69, 9.17) is 5.26 Å². The van der Waals surface area contributed by atoms with E-state index >= 15 is 0 Å². The Morgan fingerprint density at radius 2 is 1.42 bits per heavy atom. The van der Waals surface area contributed by atoms with Crippen molar-refractivity contribution in [1.82, 2.24) is 4.72 Å². The van der Waals surface area contributed by atoms with E-state index in [0.717, 1.165) is 0 Å². The summed E-state index contributed by atoms with van der Waals surface area (Å²) in [6.07, 6.45) is 0.0420. The number of amides is 1. The molecule has 0 heterocycles. The summed E-state index contributed by atoms with van der Waals surface area (Å²) in [5.41, 5.74) is 0.825. The van der Waals surface area contributed by atoms with Crippen molar-refractivity contribution in [3.8, 4) is 6.07 Å². The maximum absolute atomic E-state index is 12.6. The van der Waals surface area contributed by atoms with Crippen molar-refractivity contribution in [2.75, 3.05) is 16.6 Å². The highest BCUT2D eigenvalue weighted by atomic mass is 32.2.